The molecule has 3 heterocycles. The molecule has 4 heteroatoms. The molecule has 3 aromatic rings. The minimum absolute atomic E-state index is 0.190. The highest BCUT2D eigenvalue weighted by molar-refractivity contribution is 5.81. The lowest BCUT2D eigenvalue weighted by molar-refractivity contribution is 0.107. The van der Waals surface area contributed by atoms with Gasteiger partial charge in [0.2, 0.25) is 0 Å². The summed E-state index contributed by atoms with van der Waals surface area (Å²) in [5.74, 6) is 1.58. The van der Waals surface area contributed by atoms with Crippen LogP contribution in [0.4, 0.5) is 0 Å². The van der Waals surface area contributed by atoms with Crippen LogP contribution in [0.3, 0.4) is 0 Å². The van der Waals surface area contributed by atoms with Crippen LogP contribution >= 0.6 is 0 Å². The minimum atomic E-state index is 0.190. The van der Waals surface area contributed by atoms with Crippen molar-refractivity contribution in [3.05, 3.63) is 70.9 Å². The molecule has 1 aliphatic carbocycles. The van der Waals surface area contributed by atoms with Gasteiger partial charge in [0, 0.05) is 29.5 Å². The van der Waals surface area contributed by atoms with Gasteiger partial charge in [-0.2, -0.15) is 5.26 Å². The van der Waals surface area contributed by atoms with Gasteiger partial charge < -0.3 is 10.3 Å². The van der Waals surface area contributed by atoms with Gasteiger partial charge in [-0.3, -0.25) is 4.90 Å². The summed E-state index contributed by atoms with van der Waals surface area (Å²) >= 11 is 0. The van der Waals surface area contributed by atoms with Crippen molar-refractivity contribution in [2.24, 2.45) is 11.8 Å². The summed E-state index contributed by atoms with van der Waals surface area (Å²) in [5.41, 5.74) is 6.44. The third kappa shape index (κ3) is 4.06. The van der Waals surface area contributed by atoms with Crippen molar-refractivity contribution in [3.8, 4) is 6.07 Å². The van der Waals surface area contributed by atoms with E-state index in [-0.39, 0.29) is 5.54 Å². The van der Waals surface area contributed by atoms with E-state index in [9.17, 15) is 0 Å². The molecule has 176 valence electrons. The second-order valence-corrected chi connectivity index (χ2v) is 10.9. The predicted octanol–water partition coefficient (Wildman–Crippen LogP) is 5.87. The Hall–Kier alpha value is -2.61. The Bertz CT molecular complexity index is 1190. The van der Waals surface area contributed by atoms with E-state index in [0.29, 0.717) is 5.69 Å². The van der Waals surface area contributed by atoms with E-state index in [4.69, 9.17) is 5.26 Å². The van der Waals surface area contributed by atoms with Crippen molar-refractivity contribution in [3.63, 3.8) is 0 Å². The average Bonchev–Trinajstić information content (AvgIpc) is 3.56. The van der Waals surface area contributed by atoms with Gasteiger partial charge in [-0.15, -0.1) is 0 Å². The molecule has 1 aromatic heterocycles. The van der Waals surface area contributed by atoms with Crippen LogP contribution in [-0.4, -0.2) is 29.5 Å². The number of H-pyrrole nitrogens is 1. The highest BCUT2D eigenvalue weighted by atomic mass is 15.1. The normalized spacial score (nSPS) is 24.3. The van der Waals surface area contributed by atoms with Gasteiger partial charge in [0.05, 0.1) is 0 Å². The number of piperidine rings is 1. The number of likely N-dealkylation sites (tertiary alicyclic amines) is 1. The van der Waals surface area contributed by atoms with E-state index < -0.39 is 0 Å². The summed E-state index contributed by atoms with van der Waals surface area (Å²) in [4.78, 5) is 5.80. The predicted molar refractivity (Wildman–Crippen MR) is 137 cm³/mol. The number of nitriles is 1. The Labute approximate surface area is 203 Å². The molecule has 1 atom stereocenters. The van der Waals surface area contributed by atoms with Crippen LogP contribution < -0.4 is 5.32 Å². The fourth-order valence-corrected chi connectivity index (χ4v) is 7.22. The van der Waals surface area contributed by atoms with E-state index in [0.717, 1.165) is 35.8 Å². The van der Waals surface area contributed by atoms with Crippen molar-refractivity contribution < 1.29 is 0 Å². The first kappa shape index (κ1) is 21.9. The van der Waals surface area contributed by atoms with E-state index in [2.05, 4.69) is 63.7 Å². The number of hydrogen-bond acceptors (Lipinski definition) is 3. The minimum Gasteiger partial charge on any atom is -0.346 e. The molecule has 3 aliphatic rings. The Balaban J connectivity index is 1.14. The maximum Gasteiger partial charge on any atom is 0.118 e. The third-order valence-electron chi connectivity index (χ3n) is 8.91. The monoisotopic (exact) mass is 452 g/mol. The second kappa shape index (κ2) is 9.21. The van der Waals surface area contributed by atoms with Gasteiger partial charge in [-0.05, 0) is 98.3 Å². The summed E-state index contributed by atoms with van der Waals surface area (Å²) < 4.78 is 0. The van der Waals surface area contributed by atoms with Gasteiger partial charge in [0.1, 0.15) is 11.8 Å². The first-order valence-corrected chi connectivity index (χ1v) is 13.3. The van der Waals surface area contributed by atoms with Crippen LogP contribution in [0.2, 0.25) is 0 Å². The fourth-order valence-electron chi connectivity index (χ4n) is 7.22. The quantitative estimate of drug-likeness (QED) is 0.509. The number of benzene rings is 2. The van der Waals surface area contributed by atoms with Gasteiger partial charge in [-0.25, -0.2) is 0 Å². The first-order valence-electron chi connectivity index (χ1n) is 13.3. The van der Waals surface area contributed by atoms with Crippen LogP contribution in [0.15, 0.2) is 48.5 Å². The highest BCUT2D eigenvalue weighted by Crippen LogP contribution is 2.48. The standard InChI is InChI=1S/C30H36N4/c31-20-27-18-25-17-23(9-10-29(25)33-27)21-34-15-12-22(13-16-34)19-30(26-6-2-3-7-26)28-8-4-1-5-24(28)11-14-32-30/h1,4-5,8-10,17-18,22,26,32-33H,2-3,6-7,11-16,19,21H2. The Kier molecular flexibility index (Phi) is 5.93. The first-order chi connectivity index (χ1) is 16.7. The Morgan fingerprint density at radius 1 is 1.00 bits per heavy atom. The van der Waals surface area contributed by atoms with Gasteiger partial charge in [-0.1, -0.05) is 43.2 Å². The third-order valence-corrected chi connectivity index (χ3v) is 8.91. The summed E-state index contributed by atoms with van der Waals surface area (Å²) in [6.07, 6.45) is 10.6. The number of fused-ring (bicyclic) bond motifs is 2. The molecule has 2 N–H and O–H groups in total. The zero-order chi connectivity index (χ0) is 23.0. The number of nitrogens with one attached hydrogen (secondary N) is 2. The summed E-state index contributed by atoms with van der Waals surface area (Å²) in [7, 11) is 0. The zero-order valence-corrected chi connectivity index (χ0v) is 20.2. The Morgan fingerprint density at radius 3 is 2.65 bits per heavy atom. The number of aromatic amines is 1. The van der Waals surface area contributed by atoms with E-state index >= 15 is 0 Å². The molecule has 2 fully saturated rings. The summed E-state index contributed by atoms with van der Waals surface area (Å²) in [5, 5.41) is 14.4. The van der Waals surface area contributed by atoms with Gasteiger partial charge >= 0.3 is 0 Å². The van der Waals surface area contributed by atoms with Gasteiger partial charge in [0.25, 0.3) is 0 Å². The van der Waals surface area contributed by atoms with Crippen LogP contribution in [0.1, 0.15) is 67.3 Å². The van der Waals surface area contributed by atoms with E-state index in [1.54, 1.807) is 11.1 Å². The molecule has 0 spiro atoms. The molecule has 1 saturated heterocycles. The molecule has 0 radical (unpaired) electrons. The molecule has 1 saturated carbocycles. The molecule has 2 aromatic carbocycles. The lowest BCUT2D eigenvalue weighted by Crippen LogP contribution is -2.53. The van der Waals surface area contributed by atoms with Crippen LogP contribution in [0, 0.1) is 23.2 Å². The van der Waals surface area contributed by atoms with Crippen molar-refractivity contribution in [1.82, 2.24) is 15.2 Å². The number of rotatable bonds is 5. The maximum absolute atomic E-state index is 9.16. The van der Waals surface area contributed by atoms with Crippen molar-refractivity contribution in [2.45, 2.75) is 63.5 Å². The van der Waals surface area contributed by atoms with Crippen LogP contribution in [-0.2, 0) is 18.5 Å². The SMILES string of the molecule is N#Cc1cc2cc(CN3CCC(CC4(C5CCCC5)NCCc5ccccc54)CC3)ccc2[nH]1. The maximum atomic E-state index is 9.16. The molecule has 1 unspecified atom stereocenters. The number of hydrogen-bond donors (Lipinski definition) is 2. The number of nitrogens with zero attached hydrogens (tertiary/aromatic N) is 2. The molecular weight excluding hydrogens is 416 g/mol. The Morgan fingerprint density at radius 2 is 1.82 bits per heavy atom. The lowest BCUT2D eigenvalue weighted by Gasteiger charge is -2.48. The molecular formula is C30H36N4. The molecule has 0 amide bonds. The fraction of sp³-hybridized carbons (Fsp3) is 0.500. The van der Waals surface area contributed by atoms with E-state index in [1.807, 2.05) is 6.07 Å². The zero-order valence-electron chi connectivity index (χ0n) is 20.2. The van der Waals surface area contributed by atoms with Gasteiger partial charge in [0.15, 0.2) is 0 Å². The molecule has 4 nitrogen and oxygen atoms in total. The van der Waals surface area contributed by atoms with Crippen molar-refractivity contribution in [2.75, 3.05) is 19.6 Å². The smallest absolute Gasteiger partial charge is 0.118 e. The number of aromatic nitrogens is 1. The van der Waals surface area contributed by atoms with Crippen LogP contribution in [0.5, 0.6) is 0 Å². The average molecular weight is 453 g/mol. The molecule has 6 rings (SSSR count). The van der Waals surface area contributed by atoms with Crippen molar-refractivity contribution in [1.29, 1.82) is 5.26 Å². The van der Waals surface area contributed by atoms with Crippen molar-refractivity contribution >= 4 is 10.9 Å². The molecule has 0 bridgehead atoms. The lowest BCUT2D eigenvalue weighted by atomic mass is 9.67. The summed E-state index contributed by atoms with van der Waals surface area (Å²) in [6, 6.07) is 20.1. The highest BCUT2D eigenvalue weighted by Gasteiger charge is 2.45. The molecule has 2 aliphatic heterocycles. The second-order valence-electron chi connectivity index (χ2n) is 10.9. The van der Waals surface area contributed by atoms with Crippen LogP contribution in [0.25, 0.3) is 10.9 Å². The largest absolute Gasteiger partial charge is 0.346 e. The van der Waals surface area contributed by atoms with E-state index in [1.165, 1.54) is 70.0 Å². The summed E-state index contributed by atoms with van der Waals surface area (Å²) in [6.45, 7) is 4.50. The topological polar surface area (TPSA) is 54.9 Å². The molecule has 34 heavy (non-hydrogen) atoms.